The van der Waals surface area contributed by atoms with E-state index in [1.54, 1.807) is 19.1 Å². The number of methoxy groups -OCH3 is 2. The third-order valence-electron chi connectivity index (χ3n) is 2.38. The molecule has 0 amide bonds. The summed E-state index contributed by atoms with van der Waals surface area (Å²) in [6.07, 6.45) is 0.0652. The summed E-state index contributed by atoms with van der Waals surface area (Å²) in [5.74, 6) is 0.414. The van der Waals surface area contributed by atoms with Crippen LogP contribution in [0.5, 0.6) is 11.5 Å². The monoisotopic (exact) mass is 249 g/mol. The van der Waals surface area contributed by atoms with Gasteiger partial charge in [0.15, 0.2) is 0 Å². The van der Waals surface area contributed by atoms with Gasteiger partial charge in [-0.25, -0.2) is 0 Å². The highest BCUT2D eigenvalue weighted by atomic mass is 16.5. The molecular weight excluding hydrogens is 234 g/mol. The van der Waals surface area contributed by atoms with Crippen molar-refractivity contribution in [2.24, 2.45) is 0 Å². The van der Waals surface area contributed by atoms with Gasteiger partial charge in [-0.1, -0.05) is 6.07 Å². The first-order valence-electron chi connectivity index (χ1n) is 5.47. The summed E-state index contributed by atoms with van der Waals surface area (Å²) in [6, 6.07) is 5.33. The van der Waals surface area contributed by atoms with Crippen LogP contribution >= 0.6 is 0 Å². The van der Waals surface area contributed by atoms with Gasteiger partial charge in [0.05, 0.1) is 27.2 Å². The third-order valence-corrected chi connectivity index (χ3v) is 2.38. The number of benzene rings is 1. The molecule has 0 fully saturated rings. The van der Waals surface area contributed by atoms with Crippen LogP contribution in [0.4, 0.5) is 0 Å². The van der Waals surface area contributed by atoms with E-state index in [1.807, 2.05) is 6.07 Å². The second-order valence-corrected chi connectivity index (χ2v) is 3.43. The molecule has 0 spiro atoms. The van der Waals surface area contributed by atoms with Crippen molar-refractivity contribution in [1.29, 1.82) is 5.26 Å². The molecular formula is C13H15NO4. The van der Waals surface area contributed by atoms with E-state index in [1.165, 1.54) is 14.2 Å². The Kier molecular flexibility index (Phi) is 5.00. The summed E-state index contributed by atoms with van der Waals surface area (Å²) in [5.41, 5.74) is 0.884. The first-order chi connectivity index (χ1) is 8.67. The fraction of sp³-hybridized carbons (Fsp3) is 0.385. The molecule has 0 N–H and O–H groups in total. The molecule has 96 valence electrons. The fourth-order valence-electron chi connectivity index (χ4n) is 1.62. The average Bonchev–Trinajstić information content (AvgIpc) is 2.38. The van der Waals surface area contributed by atoms with Crippen LogP contribution in [0.25, 0.3) is 0 Å². The van der Waals surface area contributed by atoms with E-state index in [-0.39, 0.29) is 18.0 Å². The van der Waals surface area contributed by atoms with Gasteiger partial charge in [-0.15, -0.1) is 0 Å². The first-order valence-corrected chi connectivity index (χ1v) is 5.47. The number of rotatable bonds is 5. The van der Waals surface area contributed by atoms with Gasteiger partial charge < -0.3 is 14.2 Å². The van der Waals surface area contributed by atoms with Crippen molar-refractivity contribution in [3.63, 3.8) is 0 Å². The highest BCUT2D eigenvalue weighted by Gasteiger charge is 2.17. The highest BCUT2D eigenvalue weighted by molar-refractivity contribution is 5.74. The van der Waals surface area contributed by atoms with Crippen LogP contribution in [0.2, 0.25) is 0 Å². The van der Waals surface area contributed by atoms with Crippen molar-refractivity contribution in [2.45, 2.75) is 13.3 Å². The molecule has 0 saturated heterocycles. The number of carbonyl (C=O) groups excluding carboxylic acids is 1. The lowest BCUT2D eigenvalue weighted by Gasteiger charge is -2.12. The van der Waals surface area contributed by atoms with E-state index in [9.17, 15) is 4.79 Å². The van der Waals surface area contributed by atoms with Gasteiger partial charge in [-0.3, -0.25) is 4.79 Å². The molecule has 0 radical (unpaired) electrons. The molecule has 1 aromatic rings. The number of esters is 1. The van der Waals surface area contributed by atoms with Crippen LogP contribution in [0.3, 0.4) is 0 Å². The molecule has 0 aliphatic heterocycles. The standard InChI is InChI=1S/C13H15NO4/c1-4-18-12(15)7-9-5-6-11(16-2)10(8-14)13(9)17-3/h5-6H,4,7H2,1-3H3. The van der Waals surface area contributed by atoms with Gasteiger partial charge in [0, 0.05) is 5.56 Å². The molecule has 1 rings (SSSR count). The Morgan fingerprint density at radius 3 is 2.56 bits per heavy atom. The van der Waals surface area contributed by atoms with Crippen molar-refractivity contribution in [2.75, 3.05) is 20.8 Å². The Hall–Kier alpha value is -2.22. The lowest BCUT2D eigenvalue weighted by molar-refractivity contribution is -0.142. The molecule has 0 atom stereocenters. The van der Waals surface area contributed by atoms with Gasteiger partial charge in [0.1, 0.15) is 23.1 Å². The lowest BCUT2D eigenvalue weighted by atomic mass is 10.1. The fourth-order valence-corrected chi connectivity index (χ4v) is 1.62. The van der Waals surface area contributed by atoms with E-state index in [0.717, 1.165) is 0 Å². The Morgan fingerprint density at radius 1 is 1.33 bits per heavy atom. The number of nitrogens with zero attached hydrogens (tertiary/aromatic N) is 1. The van der Waals surface area contributed by atoms with Gasteiger partial charge in [-0.05, 0) is 13.0 Å². The zero-order chi connectivity index (χ0) is 13.5. The van der Waals surface area contributed by atoms with Crippen LogP contribution < -0.4 is 9.47 Å². The number of hydrogen-bond acceptors (Lipinski definition) is 5. The largest absolute Gasteiger partial charge is 0.495 e. The maximum Gasteiger partial charge on any atom is 0.310 e. The summed E-state index contributed by atoms with van der Waals surface area (Å²) in [4.78, 5) is 11.4. The minimum absolute atomic E-state index is 0.0652. The Labute approximate surface area is 106 Å². The molecule has 0 saturated carbocycles. The quantitative estimate of drug-likeness (QED) is 0.742. The lowest BCUT2D eigenvalue weighted by Crippen LogP contribution is -2.09. The molecule has 0 aromatic heterocycles. The zero-order valence-corrected chi connectivity index (χ0v) is 10.6. The first kappa shape index (κ1) is 13.8. The molecule has 1 aromatic carbocycles. The number of carbonyl (C=O) groups is 1. The van der Waals surface area contributed by atoms with Gasteiger partial charge in [0.25, 0.3) is 0 Å². The summed E-state index contributed by atoms with van der Waals surface area (Å²) in [7, 11) is 2.92. The molecule has 5 nitrogen and oxygen atoms in total. The highest BCUT2D eigenvalue weighted by Crippen LogP contribution is 2.31. The second-order valence-electron chi connectivity index (χ2n) is 3.43. The number of hydrogen-bond donors (Lipinski definition) is 0. The molecule has 0 aliphatic carbocycles. The molecule has 0 unspecified atom stereocenters. The van der Waals surface area contributed by atoms with Gasteiger partial charge in [-0.2, -0.15) is 5.26 Å². The van der Waals surface area contributed by atoms with Crippen LogP contribution in [0.15, 0.2) is 12.1 Å². The SMILES string of the molecule is CCOC(=O)Cc1ccc(OC)c(C#N)c1OC. The summed E-state index contributed by atoms with van der Waals surface area (Å²) in [5, 5.41) is 9.10. The Balaban J connectivity index is 3.14. The summed E-state index contributed by atoms with van der Waals surface area (Å²) >= 11 is 0. The zero-order valence-electron chi connectivity index (χ0n) is 10.6. The summed E-state index contributed by atoms with van der Waals surface area (Å²) in [6.45, 7) is 2.06. The van der Waals surface area contributed by atoms with E-state index in [0.29, 0.717) is 23.7 Å². The van der Waals surface area contributed by atoms with Crippen LogP contribution in [0, 0.1) is 11.3 Å². The van der Waals surface area contributed by atoms with Crippen LogP contribution in [-0.2, 0) is 16.0 Å². The maximum atomic E-state index is 11.4. The predicted octanol–water partition coefficient (Wildman–Crippen LogP) is 1.68. The minimum Gasteiger partial charge on any atom is -0.495 e. The van der Waals surface area contributed by atoms with Crippen molar-refractivity contribution in [3.05, 3.63) is 23.3 Å². The molecule has 0 bridgehead atoms. The topological polar surface area (TPSA) is 68.5 Å². The molecule has 18 heavy (non-hydrogen) atoms. The molecule has 0 heterocycles. The second kappa shape index (κ2) is 6.50. The molecule has 0 aliphatic rings. The van der Waals surface area contributed by atoms with E-state index in [2.05, 4.69) is 0 Å². The van der Waals surface area contributed by atoms with E-state index < -0.39 is 0 Å². The average molecular weight is 249 g/mol. The van der Waals surface area contributed by atoms with Crippen LogP contribution in [-0.4, -0.2) is 26.8 Å². The third kappa shape index (κ3) is 2.92. The summed E-state index contributed by atoms with van der Waals surface area (Å²) < 4.78 is 15.1. The minimum atomic E-state index is -0.357. The van der Waals surface area contributed by atoms with E-state index in [4.69, 9.17) is 19.5 Å². The van der Waals surface area contributed by atoms with Crippen LogP contribution in [0.1, 0.15) is 18.1 Å². The predicted molar refractivity (Wildman–Crippen MR) is 64.6 cm³/mol. The Bertz CT molecular complexity index is 477. The van der Waals surface area contributed by atoms with Crippen molar-refractivity contribution in [1.82, 2.24) is 0 Å². The van der Waals surface area contributed by atoms with Crippen molar-refractivity contribution >= 4 is 5.97 Å². The van der Waals surface area contributed by atoms with Gasteiger partial charge in [0.2, 0.25) is 0 Å². The smallest absolute Gasteiger partial charge is 0.310 e. The maximum absolute atomic E-state index is 11.4. The van der Waals surface area contributed by atoms with Crippen molar-refractivity contribution < 1.29 is 19.0 Å². The van der Waals surface area contributed by atoms with E-state index >= 15 is 0 Å². The number of ether oxygens (including phenoxy) is 3. The normalized spacial score (nSPS) is 9.44. The van der Waals surface area contributed by atoms with Gasteiger partial charge >= 0.3 is 5.97 Å². The Morgan fingerprint density at radius 2 is 2.06 bits per heavy atom. The molecule has 5 heteroatoms. The van der Waals surface area contributed by atoms with Crippen molar-refractivity contribution in [3.8, 4) is 17.6 Å². The number of nitriles is 1.